The van der Waals surface area contributed by atoms with Crippen molar-refractivity contribution in [1.29, 1.82) is 0 Å². The van der Waals surface area contributed by atoms with E-state index in [1.807, 2.05) is 184 Å². The molecular weight excluding hydrogens is 1730 g/mol. The van der Waals surface area contributed by atoms with Gasteiger partial charge >= 0.3 is 0 Å². The molecule has 0 saturated heterocycles. The van der Waals surface area contributed by atoms with Gasteiger partial charge in [0.1, 0.15) is 29.0 Å². The number of ether oxygens (including phenoxy) is 1. The van der Waals surface area contributed by atoms with Crippen LogP contribution in [-0.4, -0.2) is 136 Å². The fourth-order valence-electron chi connectivity index (χ4n) is 15.4. The van der Waals surface area contributed by atoms with Gasteiger partial charge in [0.25, 0.3) is 35.4 Å². The van der Waals surface area contributed by atoms with E-state index in [-0.39, 0.29) is 0 Å². The lowest BCUT2D eigenvalue weighted by atomic mass is 10.1. The number of H-pyrrole nitrogens is 1. The Bertz CT molecular complexity index is 6790. The zero-order chi connectivity index (χ0) is 96.8. The molecule has 11 aromatic carbocycles. The van der Waals surface area contributed by atoms with Crippen molar-refractivity contribution in [1.82, 2.24) is 91.0 Å². The Morgan fingerprint density at radius 1 is 0.380 bits per heavy atom. The van der Waals surface area contributed by atoms with Crippen LogP contribution in [0.3, 0.4) is 0 Å². The number of carbonyl (C=O) groups is 5. The predicted molar refractivity (Wildman–Crippen MR) is 533 cm³/mol. The summed E-state index contributed by atoms with van der Waals surface area (Å²) in [6, 6.07) is 89.4. The van der Waals surface area contributed by atoms with Crippen molar-refractivity contribution in [2.75, 3.05) is 27.7 Å². The predicted octanol–water partition coefficient (Wildman–Crippen LogP) is 14.7. The number of fused-ring (bicyclic) bond motifs is 5. The van der Waals surface area contributed by atoms with E-state index in [0.717, 1.165) is 189 Å². The van der Waals surface area contributed by atoms with Crippen LogP contribution < -0.4 is 47.3 Å². The smallest absolute Gasteiger partial charge is 0.267 e. The molecule has 30 nitrogen and oxygen atoms in total. The quantitative estimate of drug-likeness (QED) is 0.00759. The van der Waals surface area contributed by atoms with Crippen LogP contribution in [0.15, 0.2) is 297 Å². The van der Waals surface area contributed by atoms with Crippen LogP contribution in [0.25, 0.3) is 85.5 Å². The number of carbonyl (C=O) groups excluding carboxylic acids is 5. The summed E-state index contributed by atoms with van der Waals surface area (Å²) in [5.74, 6) is 3.13. The number of hydrogen-bond donors (Lipinski definition) is 13. The van der Waals surface area contributed by atoms with Crippen LogP contribution >= 0.6 is 0 Å². The summed E-state index contributed by atoms with van der Waals surface area (Å²) in [6.07, 6.45) is 19.4. The highest BCUT2D eigenvalue weighted by Gasteiger charge is 2.20. The first kappa shape index (κ1) is 100. The van der Waals surface area contributed by atoms with Crippen molar-refractivity contribution < 1.29 is 59.3 Å². The highest BCUT2D eigenvalue weighted by Crippen LogP contribution is 2.26. The molecule has 137 heavy (non-hydrogen) atoms. The molecule has 704 valence electrons. The Hall–Kier alpha value is -15.7. The average molecular weight is 1840 g/mol. The first-order valence-electron chi connectivity index (χ1n) is 44.7. The van der Waals surface area contributed by atoms with E-state index >= 15 is 0 Å². The Morgan fingerprint density at radius 3 is 1.12 bits per heavy atom. The highest BCUT2D eigenvalue weighted by atomic mass is 16.5. The molecule has 13 N–H and O–H groups in total. The molecule has 0 unspecified atom stereocenters. The Kier molecular flexibility index (Phi) is 37.7. The number of hydrogen-bond acceptors (Lipinski definition) is 19. The van der Waals surface area contributed by atoms with Crippen LogP contribution in [0, 0.1) is 0 Å². The fraction of sp³-hybridized carbons (Fsp3) is 0.196. The number of methoxy groups -OCH3 is 1. The number of hydroxylamine groups is 5. The first-order valence-corrected chi connectivity index (χ1v) is 44.7. The monoisotopic (exact) mass is 1840 g/mol. The molecule has 5 amide bonds. The summed E-state index contributed by atoms with van der Waals surface area (Å²) in [6.45, 7) is 7.11. The molecule has 5 heterocycles. The molecule has 0 aliphatic rings. The largest absolute Gasteiger partial charge is 0.497 e. The summed E-state index contributed by atoms with van der Waals surface area (Å²) in [7, 11) is 13.9. The molecule has 30 heteroatoms. The summed E-state index contributed by atoms with van der Waals surface area (Å²) in [5.41, 5.74) is 29.6. The molecule has 16 aromatic rings. The Labute approximate surface area is 794 Å². The lowest BCUT2D eigenvalue weighted by Crippen LogP contribution is -2.32. The maximum atomic E-state index is 11.3. The lowest BCUT2D eigenvalue weighted by molar-refractivity contribution is -0.652. The Balaban J connectivity index is 0.000000154. The van der Waals surface area contributed by atoms with Crippen molar-refractivity contribution in [3.05, 3.63) is 388 Å². The van der Waals surface area contributed by atoms with Gasteiger partial charge < -0.3 is 38.5 Å². The van der Waals surface area contributed by atoms with Gasteiger partial charge in [0, 0.05) is 90.7 Å². The van der Waals surface area contributed by atoms with Crippen LogP contribution in [-0.2, 0) is 130 Å². The average Bonchev–Trinajstić information content (AvgIpc) is 1.67. The van der Waals surface area contributed by atoms with Gasteiger partial charge in [-0.25, -0.2) is 56.9 Å². The third-order valence-electron chi connectivity index (χ3n) is 22.6. The number of nitrogens with one attached hydrogen (secondary N) is 8. The van der Waals surface area contributed by atoms with E-state index in [0.29, 0.717) is 19.6 Å². The topological polar surface area (TPSA) is 377 Å². The van der Waals surface area contributed by atoms with E-state index < -0.39 is 29.5 Å². The molecule has 0 saturated carbocycles. The first-order chi connectivity index (χ1) is 66.6. The molecule has 16 rings (SSSR count). The van der Waals surface area contributed by atoms with Crippen LogP contribution in [0.2, 0.25) is 0 Å². The minimum atomic E-state index is -0.570. The number of rotatable bonds is 35. The summed E-state index contributed by atoms with van der Waals surface area (Å²) in [4.78, 5) is 82.9. The zero-order valence-electron chi connectivity index (χ0n) is 77.7. The molecule has 0 aliphatic heterocycles. The normalized spacial score (nSPS) is 11.4. The maximum absolute atomic E-state index is 11.3. The van der Waals surface area contributed by atoms with Gasteiger partial charge in [0.15, 0.2) is 11.0 Å². The van der Waals surface area contributed by atoms with Gasteiger partial charge in [-0.3, -0.25) is 54.9 Å². The number of nitrogens with zero attached hydrogens (tertiary/aromatic N) is 11. The van der Waals surface area contributed by atoms with Crippen molar-refractivity contribution in [3.63, 3.8) is 0 Å². The SMILES string of the molecule is CN(C)CCCn1c(CCc2ccccc2)nc2cc(/C=C/C(=O)NO)ccc21.COc1ccc(CNCc2nc3cc(/C=C/C(=O)NO)ccc3n2C)cc1.C[n+]1c(CCc2ccccc2)[nH]c2ccc(/C=C/C(=O)NO)cc21.Cn1c(CN(Cc2ccccc2)Cc2ccccc2)nc2cc(/C=C/C(=O)NO)ccc21.Cn1c(CNCc2ccccc2)nc2cc(/C=C/C(=O)NO)ccc21. The molecular formula is C107H116N19O11+. The number of benzene rings is 11. The molecule has 0 spiro atoms. The second-order valence-corrected chi connectivity index (χ2v) is 32.7. The second-order valence-electron chi connectivity index (χ2n) is 32.7. The third-order valence-corrected chi connectivity index (χ3v) is 22.6. The Morgan fingerprint density at radius 2 is 0.723 bits per heavy atom. The van der Waals surface area contributed by atoms with E-state index in [1.165, 1.54) is 63.8 Å². The van der Waals surface area contributed by atoms with Gasteiger partial charge in [-0.15, -0.1) is 0 Å². The maximum Gasteiger partial charge on any atom is 0.267 e. The molecule has 0 atom stereocenters. The zero-order valence-corrected chi connectivity index (χ0v) is 77.7. The molecule has 0 bridgehead atoms. The van der Waals surface area contributed by atoms with E-state index in [9.17, 15) is 24.0 Å². The summed E-state index contributed by atoms with van der Waals surface area (Å²) < 4.78 is 15.8. The van der Waals surface area contributed by atoms with Crippen molar-refractivity contribution in [2.24, 2.45) is 28.2 Å². The number of aromatic amines is 1. The number of aryl methyl sites for hydroxylation is 9. The third kappa shape index (κ3) is 30.1. The van der Waals surface area contributed by atoms with E-state index in [4.69, 9.17) is 40.7 Å². The van der Waals surface area contributed by atoms with Gasteiger partial charge in [0.05, 0.1) is 84.3 Å². The molecule has 0 aliphatic carbocycles. The lowest BCUT2D eigenvalue weighted by Gasteiger charge is -2.22. The van der Waals surface area contributed by atoms with Gasteiger partial charge in [0.2, 0.25) is 0 Å². The number of aromatic nitrogens is 10. The minimum absolute atomic E-state index is 0.544. The van der Waals surface area contributed by atoms with Gasteiger partial charge in [-0.1, -0.05) is 194 Å². The van der Waals surface area contributed by atoms with Crippen LogP contribution in [0.4, 0.5) is 0 Å². The minimum Gasteiger partial charge on any atom is -0.497 e. The van der Waals surface area contributed by atoms with Gasteiger partial charge in [-0.2, -0.15) is 0 Å². The standard InChI is InChI=1S/C26H26N4O2.C23H28N4O2.C20H22N4O3.C19H20N4O2.C19H19N3O2/c1-29-24-14-12-20(13-15-26(31)28-32)16-23(24)27-25(29)19-30(17-21-8-4-2-5-9-21)18-22-10-6-3-7-11-22;1-26(2)15-6-16-27-21-12-9-19(11-14-23(28)25-29)17-20(21)24-22(27)13-10-18-7-4-3-5-8-18;1-24-18-9-5-14(6-10-20(25)23-26)11-17(18)22-19(24)13-21-12-15-3-7-16(27-2)8-4-15;1-23-17-9-7-14(8-10-19(24)22-25)11-16(17)21-18(23)13-20-12-15-5-3-2-4-6-15;1-22-17-13-15(9-12-19(23)21-24)7-10-16(17)20-18(22)11-8-14-5-3-2-4-6-14/h2-16,32H,17-19H2,1H3,(H,28,31);3-5,7-9,11-12,14,17,29H,6,10,13,15-16H2,1-2H3,(H,25,28);3-11,21,26H,12-13H2,1-2H3,(H,23,25);2-11,20,25H,12-13H2,1H3,(H,22,24);2-7,9-10,12-13H,8,11H2,1H3,(H2,21,23,24)/p+1/b15-13+;14-11+;10-6+;10-8+;12-9+. The van der Waals surface area contributed by atoms with Gasteiger partial charge in [-0.05, 0) is 204 Å². The van der Waals surface area contributed by atoms with E-state index in [2.05, 4.69) is 183 Å². The number of amides is 5. The van der Waals surface area contributed by atoms with E-state index in [1.54, 1.807) is 64.9 Å². The summed E-state index contributed by atoms with van der Waals surface area (Å²) in [5, 5.41) is 49.7. The fourth-order valence-corrected chi connectivity index (χ4v) is 15.4. The van der Waals surface area contributed by atoms with Crippen molar-refractivity contribution in [2.45, 2.75) is 84.5 Å². The highest BCUT2D eigenvalue weighted by molar-refractivity contribution is 5.95. The molecule has 5 aromatic heterocycles. The van der Waals surface area contributed by atoms with Crippen LogP contribution in [0.5, 0.6) is 5.75 Å². The molecule has 0 fully saturated rings. The number of imidazole rings is 5. The molecule has 0 radical (unpaired) electrons. The van der Waals surface area contributed by atoms with Crippen molar-refractivity contribution in [3.8, 4) is 5.75 Å². The second kappa shape index (κ2) is 51.5. The van der Waals surface area contributed by atoms with Crippen molar-refractivity contribution >= 4 is 115 Å². The van der Waals surface area contributed by atoms with Crippen LogP contribution in [0.1, 0.15) is 96.7 Å². The summed E-state index contributed by atoms with van der Waals surface area (Å²) >= 11 is 0.